The zero-order valence-corrected chi connectivity index (χ0v) is 8.34. The van der Waals surface area contributed by atoms with Gasteiger partial charge in [-0.3, -0.25) is 0 Å². The average molecular weight is 207 g/mol. The molecule has 0 unspecified atom stereocenters. The van der Waals surface area contributed by atoms with Crippen molar-refractivity contribution in [3.8, 4) is 6.07 Å². The van der Waals surface area contributed by atoms with Crippen LogP contribution in [0.15, 0.2) is 0 Å². The van der Waals surface area contributed by atoms with E-state index in [-0.39, 0.29) is 12.4 Å². The molecule has 0 radical (unpaired) electrons. The third-order valence-corrected chi connectivity index (χ3v) is 2.61. The fraction of sp³-hybridized carbons (Fsp3) is 0.857. The Morgan fingerprint density at radius 3 is 2.54 bits per heavy atom. The van der Waals surface area contributed by atoms with E-state index in [1.807, 2.05) is 0 Å². The second-order valence-electron chi connectivity index (χ2n) is 2.36. The van der Waals surface area contributed by atoms with Crippen LogP contribution < -0.4 is 0 Å². The number of sulfone groups is 1. The summed E-state index contributed by atoms with van der Waals surface area (Å²) in [7, 11) is -1.71. The lowest BCUT2D eigenvalue weighted by molar-refractivity contribution is 0.0785. The monoisotopic (exact) mass is 207 g/mol. The van der Waals surface area contributed by atoms with Gasteiger partial charge in [0.1, 0.15) is 5.75 Å². The number of hydrogen-bond donors (Lipinski definition) is 0. The molecule has 0 spiro atoms. The van der Waals surface area contributed by atoms with Crippen LogP contribution in [0.2, 0.25) is 0 Å². The quantitative estimate of drug-likeness (QED) is 0.530. The lowest BCUT2D eigenvalue weighted by Gasteiger charge is -2.02. The van der Waals surface area contributed by atoms with E-state index in [2.05, 4.69) is 0 Å². The zero-order chi connectivity index (χ0) is 10.2. The number of hydrogen-bond acceptors (Lipinski definition) is 5. The molecule has 13 heavy (non-hydrogen) atoms. The minimum atomic E-state index is -3.25. The molecule has 0 aromatic rings. The number of rotatable bonds is 7. The van der Waals surface area contributed by atoms with Gasteiger partial charge in [-0.1, -0.05) is 0 Å². The Morgan fingerprint density at radius 2 is 2.00 bits per heavy atom. The molecule has 0 saturated carbocycles. The summed E-state index contributed by atoms with van der Waals surface area (Å²) in [4.78, 5) is 0. The normalized spacial score (nSPS) is 11.1. The summed E-state index contributed by atoms with van der Waals surface area (Å²) in [6.07, 6.45) is 0. The van der Waals surface area contributed by atoms with Gasteiger partial charge in [-0.05, 0) is 0 Å². The van der Waals surface area contributed by atoms with Gasteiger partial charge < -0.3 is 9.47 Å². The molecule has 5 nitrogen and oxygen atoms in total. The van der Waals surface area contributed by atoms with E-state index in [0.29, 0.717) is 13.2 Å². The molecule has 0 aromatic heterocycles. The zero-order valence-electron chi connectivity index (χ0n) is 7.52. The molecule has 0 fully saturated rings. The van der Waals surface area contributed by atoms with Gasteiger partial charge in [-0.2, -0.15) is 5.26 Å². The predicted molar refractivity (Wildman–Crippen MR) is 47.0 cm³/mol. The van der Waals surface area contributed by atoms with Crippen LogP contribution in [0.25, 0.3) is 0 Å². The first-order valence-electron chi connectivity index (χ1n) is 3.76. The maximum atomic E-state index is 10.9. The van der Waals surface area contributed by atoms with Crippen molar-refractivity contribution in [1.82, 2.24) is 0 Å². The van der Waals surface area contributed by atoms with Gasteiger partial charge in [0.2, 0.25) is 0 Å². The van der Waals surface area contributed by atoms with Gasteiger partial charge in [0.25, 0.3) is 0 Å². The van der Waals surface area contributed by atoms with Gasteiger partial charge >= 0.3 is 0 Å². The summed E-state index contributed by atoms with van der Waals surface area (Å²) in [5.41, 5.74) is 0. The molecular weight excluding hydrogens is 194 g/mol. The molecule has 0 atom stereocenters. The third kappa shape index (κ3) is 7.71. The largest absolute Gasteiger partial charge is 0.382 e. The summed E-state index contributed by atoms with van der Waals surface area (Å²) in [5.74, 6) is -0.551. The highest BCUT2D eigenvalue weighted by molar-refractivity contribution is 7.91. The molecular formula is C7H13NO4S. The van der Waals surface area contributed by atoms with Crippen LogP contribution in [-0.4, -0.2) is 46.9 Å². The number of nitriles is 1. The molecule has 0 bridgehead atoms. The van der Waals surface area contributed by atoms with Crippen molar-refractivity contribution in [2.24, 2.45) is 0 Å². The molecule has 0 N–H and O–H groups in total. The van der Waals surface area contributed by atoms with Crippen molar-refractivity contribution >= 4 is 9.84 Å². The summed E-state index contributed by atoms with van der Waals surface area (Å²) in [6.45, 7) is 0.935. The Morgan fingerprint density at radius 1 is 1.31 bits per heavy atom. The first-order chi connectivity index (χ1) is 6.12. The third-order valence-electron chi connectivity index (χ3n) is 1.25. The van der Waals surface area contributed by atoms with Crippen LogP contribution in [0.4, 0.5) is 0 Å². The van der Waals surface area contributed by atoms with E-state index in [0.717, 1.165) is 0 Å². The SMILES string of the molecule is COCCOCCS(=O)(=O)CC#N. The number of ether oxygens (including phenoxy) is 2. The van der Waals surface area contributed by atoms with Crippen molar-refractivity contribution < 1.29 is 17.9 Å². The molecule has 0 heterocycles. The minimum Gasteiger partial charge on any atom is -0.382 e. The van der Waals surface area contributed by atoms with E-state index in [9.17, 15) is 8.42 Å². The Balaban J connectivity index is 3.48. The number of methoxy groups -OCH3 is 1. The van der Waals surface area contributed by atoms with Crippen LogP contribution in [-0.2, 0) is 19.3 Å². The van der Waals surface area contributed by atoms with E-state index >= 15 is 0 Å². The lowest BCUT2D eigenvalue weighted by atomic mass is 10.7. The van der Waals surface area contributed by atoms with Crippen molar-refractivity contribution in [2.45, 2.75) is 0 Å². The maximum absolute atomic E-state index is 10.9. The molecule has 0 aliphatic rings. The second kappa shape index (κ2) is 6.83. The maximum Gasteiger partial charge on any atom is 0.165 e. The van der Waals surface area contributed by atoms with Gasteiger partial charge in [0.05, 0.1) is 31.6 Å². The van der Waals surface area contributed by atoms with Gasteiger partial charge in [0, 0.05) is 7.11 Å². The van der Waals surface area contributed by atoms with E-state index in [1.54, 1.807) is 6.07 Å². The Bertz CT molecular complexity index is 254. The molecule has 0 aromatic carbocycles. The Kier molecular flexibility index (Phi) is 6.49. The van der Waals surface area contributed by atoms with E-state index in [4.69, 9.17) is 14.7 Å². The summed E-state index contributed by atoms with van der Waals surface area (Å²) < 4.78 is 31.5. The standard InChI is InChI=1S/C7H13NO4S/c1-11-3-4-12-5-7-13(9,10)6-2-8/h3-7H2,1H3. The van der Waals surface area contributed by atoms with Gasteiger partial charge in [0.15, 0.2) is 9.84 Å². The topological polar surface area (TPSA) is 76.4 Å². The predicted octanol–water partition coefficient (Wildman–Crippen LogP) is -0.412. The van der Waals surface area contributed by atoms with E-state index in [1.165, 1.54) is 7.11 Å². The lowest BCUT2D eigenvalue weighted by Crippen LogP contribution is -2.16. The van der Waals surface area contributed by atoms with Crippen LogP contribution in [0.3, 0.4) is 0 Å². The fourth-order valence-electron chi connectivity index (χ4n) is 0.601. The van der Waals surface area contributed by atoms with Gasteiger partial charge in [-0.25, -0.2) is 8.42 Å². The molecule has 0 aliphatic carbocycles. The summed E-state index contributed by atoms with van der Waals surface area (Å²) in [5, 5.41) is 8.15. The van der Waals surface area contributed by atoms with Crippen molar-refractivity contribution in [3.05, 3.63) is 0 Å². The fourth-order valence-corrected chi connectivity index (χ4v) is 1.31. The average Bonchev–Trinajstić information content (AvgIpc) is 2.04. The Hall–Kier alpha value is -0.640. The highest BCUT2D eigenvalue weighted by atomic mass is 32.2. The van der Waals surface area contributed by atoms with Crippen molar-refractivity contribution in [3.63, 3.8) is 0 Å². The van der Waals surface area contributed by atoms with Gasteiger partial charge in [-0.15, -0.1) is 0 Å². The van der Waals surface area contributed by atoms with Crippen molar-refractivity contribution in [2.75, 3.05) is 38.4 Å². The molecule has 0 amide bonds. The molecule has 0 aliphatic heterocycles. The highest BCUT2D eigenvalue weighted by Gasteiger charge is 2.08. The smallest absolute Gasteiger partial charge is 0.165 e. The first kappa shape index (κ1) is 12.4. The first-order valence-corrected chi connectivity index (χ1v) is 5.58. The highest BCUT2D eigenvalue weighted by Crippen LogP contribution is 1.89. The summed E-state index contributed by atoms with van der Waals surface area (Å²) in [6, 6.07) is 1.59. The Labute approximate surface area is 78.2 Å². The molecule has 76 valence electrons. The van der Waals surface area contributed by atoms with Crippen LogP contribution >= 0.6 is 0 Å². The van der Waals surface area contributed by atoms with Crippen molar-refractivity contribution in [1.29, 1.82) is 5.26 Å². The van der Waals surface area contributed by atoms with E-state index < -0.39 is 15.6 Å². The molecule has 0 rings (SSSR count). The van der Waals surface area contributed by atoms with Crippen LogP contribution in [0.1, 0.15) is 0 Å². The molecule has 6 heteroatoms. The van der Waals surface area contributed by atoms with Crippen LogP contribution in [0, 0.1) is 11.3 Å². The minimum absolute atomic E-state index is 0.107. The summed E-state index contributed by atoms with van der Waals surface area (Å²) >= 11 is 0. The number of nitrogens with zero attached hydrogens (tertiary/aromatic N) is 1. The second-order valence-corrected chi connectivity index (χ2v) is 4.54. The van der Waals surface area contributed by atoms with Crippen LogP contribution in [0.5, 0.6) is 0 Å². The molecule has 0 saturated heterocycles.